The van der Waals surface area contributed by atoms with Crippen LogP contribution in [0.3, 0.4) is 0 Å². The topological polar surface area (TPSA) is 17.1 Å². The Morgan fingerprint density at radius 1 is 1.42 bits per heavy atom. The number of benzene rings is 1. The first kappa shape index (κ1) is 8.98. The standard InChI is InChI=1S/C11H14O/c1-8-5-4-6-11(7-8)9(2)10(3)12/h4-7,9H,1-3H3/t9-/m0/s1. The Morgan fingerprint density at radius 2 is 2.08 bits per heavy atom. The summed E-state index contributed by atoms with van der Waals surface area (Å²) in [5.41, 5.74) is 2.32. The molecule has 0 aliphatic heterocycles. The molecule has 1 heteroatoms. The Bertz CT molecular complexity index is 289. The number of hydrogen-bond acceptors (Lipinski definition) is 1. The fraction of sp³-hybridized carbons (Fsp3) is 0.364. The van der Waals surface area contributed by atoms with Gasteiger partial charge in [0.25, 0.3) is 0 Å². The van der Waals surface area contributed by atoms with E-state index < -0.39 is 0 Å². The van der Waals surface area contributed by atoms with Gasteiger partial charge in [-0.05, 0) is 19.4 Å². The van der Waals surface area contributed by atoms with E-state index in [9.17, 15) is 4.79 Å². The minimum atomic E-state index is 0.0323. The summed E-state index contributed by atoms with van der Waals surface area (Å²) in [4.78, 5) is 11.1. The molecule has 0 saturated carbocycles. The van der Waals surface area contributed by atoms with Crippen LogP contribution >= 0.6 is 0 Å². The molecule has 0 fully saturated rings. The highest BCUT2D eigenvalue weighted by molar-refractivity contribution is 5.82. The van der Waals surface area contributed by atoms with Gasteiger partial charge in [0.1, 0.15) is 5.78 Å². The normalized spacial score (nSPS) is 12.6. The summed E-state index contributed by atoms with van der Waals surface area (Å²) in [5.74, 6) is 0.255. The van der Waals surface area contributed by atoms with Crippen LogP contribution in [0.25, 0.3) is 0 Å². The van der Waals surface area contributed by atoms with Gasteiger partial charge >= 0.3 is 0 Å². The molecule has 1 atom stereocenters. The van der Waals surface area contributed by atoms with Crippen LogP contribution in [0.15, 0.2) is 24.3 Å². The van der Waals surface area contributed by atoms with Crippen molar-refractivity contribution in [2.45, 2.75) is 26.7 Å². The average molecular weight is 162 g/mol. The molecule has 0 aliphatic rings. The minimum Gasteiger partial charge on any atom is -0.299 e. The molecule has 0 N–H and O–H groups in total. The Balaban J connectivity index is 2.95. The van der Waals surface area contributed by atoms with Crippen molar-refractivity contribution in [2.75, 3.05) is 0 Å². The van der Waals surface area contributed by atoms with Crippen molar-refractivity contribution >= 4 is 5.78 Å². The molecule has 0 aliphatic carbocycles. The maximum atomic E-state index is 11.1. The van der Waals surface area contributed by atoms with Crippen molar-refractivity contribution in [2.24, 2.45) is 0 Å². The molecule has 12 heavy (non-hydrogen) atoms. The van der Waals surface area contributed by atoms with Crippen molar-refractivity contribution < 1.29 is 4.79 Å². The Kier molecular flexibility index (Phi) is 2.64. The summed E-state index contributed by atoms with van der Waals surface area (Å²) in [5, 5.41) is 0. The zero-order valence-corrected chi connectivity index (χ0v) is 7.79. The first-order valence-electron chi connectivity index (χ1n) is 4.18. The fourth-order valence-electron chi connectivity index (χ4n) is 1.17. The van der Waals surface area contributed by atoms with Crippen LogP contribution in [-0.2, 0) is 4.79 Å². The van der Waals surface area contributed by atoms with E-state index >= 15 is 0 Å². The largest absolute Gasteiger partial charge is 0.299 e. The summed E-state index contributed by atoms with van der Waals surface area (Å²) in [6, 6.07) is 8.09. The molecule has 0 heterocycles. The van der Waals surface area contributed by atoms with Crippen molar-refractivity contribution in [1.29, 1.82) is 0 Å². The summed E-state index contributed by atoms with van der Waals surface area (Å²) in [7, 11) is 0. The highest BCUT2D eigenvalue weighted by Gasteiger charge is 2.09. The van der Waals surface area contributed by atoms with Crippen LogP contribution in [0.2, 0.25) is 0 Å². The first-order chi connectivity index (χ1) is 5.61. The molecule has 0 radical (unpaired) electrons. The maximum absolute atomic E-state index is 11.1. The van der Waals surface area contributed by atoms with Crippen LogP contribution in [-0.4, -0.2) is 5.78 Å². The molecule has 1 nitrogen and oxygen atoms in total. The average Bonchev–Trinajstić information content (AvgIpc) is 2.03. The van der Waals surface area contributed by atoms with Crippen LogP contribution < -0.4 is 0 Å². The minimum absolute atomic E-state index is 0.0323. The van der Waals surface area contributed by atoms with E-state index in [1.807, 2.05) is 32.0 Å². The molecular formula is C11H14O. The number of carbonyl (C=O) groups excluding carboxylic acids is 1. The number of hydrogen-bond donors (Lipinski definition) is 0. The van der Waals surface area contributed by atoms with E-state index in [1.54, 1.807) is 6.92 Å². The van der Waals surface area contributed by atoms with Gasteiger partial charge in [0.2, 0.25) is 0 Å². The molecule has 0 saturated heterocycles. The highest BCUT2D eigenvalue weighted by Crippen LogP contribution is 2.16. The zero-order valence-electron chi connectivity index (χ0n) is 7.79. The quantitative estimate of drug-likeness (QED) is 0.653. The van der Waals surface area contributed by atoms with Gasteiger partial charge in [-0.15, -0.1) is 0 Å². The Morgan fingerprint density at radius 3 is 2.58 bits per heavy atom. The third kappa shape index (κ3) is 1.94. The molecule has 64 valence electrons. The molecule has 0 aromatic heterocycles. The zero-order chi connectivity index (χ0) is 9.14. The fourth-order valence-corrected chi connectivity index (χ4v) is 1.17. The van der Waals surface area contributed by atoms with Crippen molar-refractivity contribution in [3.05, 3.63) is 35.4 Å². The summed E-state index contributed by atoms with van der Waals surface area (Å²) < 4.78 is 0. The molecule has 0 bridgehead atoms. The lowest BCUT2D eigenvalue weighted by molar-refractivity contribution is -0.118. The van der Waals surface area contributed by atoms with Crippen LogP contribution in [0, 0.1) is 6.92 Å². The second-order valence-electron chi connectivity index (χ2n) is 3.25. The number of aryl methyl sites for hydroxylation is 1. The summed E-state index contributed by atoms with van der Waals surface area (Å²) in [6.07, 6.45) is 0. The van der Waals surface area contributed by atoms with Gasteiger partial charge in [-0.25, -0.2) is 0 Å². The van der Waals surface area contributed by atoms with E-state index in [0.29, 0.717) is 0 Å². The SMILES string of the molecule is CC(=O)[C@H](C)c1cccc(C)c1. The van der Waals surface area contributed by atoms with Gasteiger partial charge in [-0.2, -0.15) is 0 Å². The second kappa shape index (κ2) is 3.53. The van der Waals surface area contributed by atoms with Gasteiger partial charge in [0, 0.05) is 5.92 Å². The van der Waals surface area contributed by atoms with Gasteiger partial charge in [0.05, 0.1) is 0 Å². The predicted octanol–water partition coefficient (Wildman–Crippen LogP) is 2.69. The Labute approximate surface area is 73.4 Å². The number of Topliss-reactive ketones (excluding diaryl/α,β-unsaturated/α-hetero) is 1. The summed E-state index contributed by atoms with van der Waals surface area (Å²) >= 11 is 0. The lowest BCUT2D eigenvalue weighted by Gasteiger charge is -2.07. The lowest BCUT2D eigenvalue weighted by atomic mass is 9.96. The van der Waals surface area contributed by atoms with Crippen molar-refractivity contribution in [3.8, 4) is 0 Å². The van der Waals surface area contributed by atoms with Gasteiger partial charge in [0.15, 0.2) is 0 Å². The molecule has 0 amide bonds. The number of ketones is 1. The Hall–Kier alpha value is -1.11. The van der Waals surface area contributed by atoms with E-state index in [4.69, 9.17) is 0 Å². The van der Waals surface area contributed by atoms with Gasteiger partial charge in [-0.1, -0.05) is 36.8 Å². The van der Waals surface area contributed by atoms with Gasteiger partial charge in [-0.3, -0.25) is 4.79 Å². The van der Waals surface area contributed by atoms with Crippen LogP contribution in [0.5, 0.6) is 0 Å². The third-order valence-electron chi connectivity index (χ3n) is 2.15. The van der Waals surface area contributed by atoms with E-state index in [2.05, 4.69) is 6.07 Å². The van der Waals surface area contributed by atoms with E-state index in [1.165, 1.54) is 5.56 Å². The molecule has 1 aromatic carbocycles. The van der Waals surface area contributed by atoms with E-state index in [0.717, 1.165) is 5.56 Å². The number of carbonyl (C=O) groups is 1. The monoisotopic (exact) mass is 162 g/mol. The van der Waals surface area contributed by atoms with E-state index in [-0.39, 0.29) is 11.7 Å². The highest BCUT2D eigenvalue weighted by atomic mass is 16.1. The van der Waals surface area contributed by atoms with Crippen molar-refractivity contribution in [3.63, 3.8) is 0 Å². The molecule has 1 aromatic rings. The van der Waals surface area contributed by atoms with Crippen molar-refractivity contribution in [1.82, 2.24) is 0 Å². The molecule has 0 unspecified atom stereocenters. The molecule has 1 rings (SSSR count). The van der Waals surface area contributed by atoms with Gasteiger partial charge < -0.3 is 0 Å². The second-order valence-corrected chi connectivity index (χ2v) is 3.25. The third-order valence-corrected chi connectivity index (χ3v) is 2.15. The van der Waals surface area contributed by atoms with Crippen LogP contribution in [0.1, 0.15) is 30.9 Å². The maximum Gasteiger partial charge on any atom is 0.136 e. The smallest absolute Gasteiger partial charge is 0.136 e. The molecule has 0 spiro atoms. The predicted molar refractivity (Wildman–Crippen MR) is 50.3 cm³/mol. The number of rotatable bonds is 2. The first-order valence-corrected chi connectivity index (χ1v) is 4.18. The summed E-state index contributed by atoms with van der Waals surface area (Å²) in [6.45, 7) is 5.61. The van der Waals surface area contributed by atoms with Crippen LogP contribution in [0.4, 0.5) is 0 Å². The lowest BCUT2D eigenvalue weighted by Crippen LogP contribution is -2.03. The molecular weight excluding hydrogens is 148 g/mol.